The fourth-order valence-electron chi connectivity index (χ4n) is 1.56. The van der Waals surface area contributed by atoms with E-state index >= 15 is 0 Å². The molecule has 11 heavy (non-hydrogen) atoms. The Morgan fingerprint density at radius 2 is 2.27 bits per heavy atom. The van der Waals surface area contributed by atoms with E-state index in [0.717, 1.165) is 23.4 Å². The minimum Gasteiger partial charge on any atom is -0.388 e. The summed E-state index contributed by atoms with van der Waals surface area (Å²) >= 11 is 5.79. The number of hydrogen-bond donors (Lipinski definition) is 1. The molecule has 1 N–H and O–H groups in total. The van der Waals surface area contributed by atoms with E-state index in [1.807, 2.05) is 18.2 Å². The highest BCUT2D eigenvalue weighted by Crippen LogP contribution is 2.32. The Kier molecular flexibility index (Phi) is 1.63. The first kappa shape index (κ1) is 7.14. The van der Waals surface area contributed by atoms with Crippen molar-refractivity contribution in [1.82, 2.24) is 0 Å². The second-order valence-electron chi connectivity index (χ2n) is 2.90. The van der Waals surface area contributed by atoms with Crippen LogP contribution in [0.5, 0.6) is 0 Å². The van der Waals surface area contributed by atoms with Crippen molar-refractivity contribution >= 4 is 11.6 Å². The van der Waals surface area contributed by atoms with E-state index in [2.05, 4.69) is 0 Å². The van der Waals surface area contributed by atoms with Crippen LogP contribution in [-0.4, -0.2) is 5.11 Å². The molecule has 0 radical (unpaired) electrons. The normalized spacial score (nSPS) is 21.8. The number of aryl methyl sites for hydroxylation is 1. The minimum absolute atomic E-state index is 0.262. The molecule has 0 heterocycles. The molecule has 2 heteroatoms. The fraction of sp³-hybridized carbons (Fsp3) is 0.333. The molecule has 0 amide bonds. The van der Waals surface area contributed by atoms with Crippen molar-refractivity contribution in [3.63, 3.8) is 0 Å². The lowest BCUT2D eigenvalue weighted by Gasteiger charge is -2.02. The molecule has 0 bridgehead atoms. The van der Waals surface area contributed by atoms with E-state index in [1.165, 1.54) is 5.56 Å². The van der Waals surface area contributed by atoms with Gasteiger partial charge in [-0.15, -0.1) is 0 Å². The number of hydrogen-bond acceptors (Lipinski definition) is 1. The Morgan fingerprint density at radius 1 is 1.45 bits per heavy atom. The van der Waals surface area contributed by atoms with Crippen LogP contribution < -0.4 is 0 Å². The maximum atomic E-state index is 9.43. The van der Waals surface area contributed by atoms with Gasteiger partial charge in [0.05, 0.1) is 6.10 Å². The van der Waals surface area contributed by atoms with Gasteiger partial charge in [-0.3, -0.25) is 0 Å². The van der Waals surface area contributed by atoms with Crippen LogP contribution in [0.2, 0.25) is 5.02 Å². The summed E-state index contributed by atoms with van der Waals surface area (Å²) in [7, 11) is 0. The molecule has 0 spiro atoms. The third-order valence-corrected chi connectivity index (χ3v) is 2.39. The van der Waals surface area contributed by atoms with Gasteiger partial charge in [0.2, 0.25) is 0 Å². The highest BCUT2D eigenvalue weighted by molar-refractivity contribution is 6.30. The van der Waals surface area contributed by atoms with Gasteiger partial charge in [0.15, 0.2) is 0 Å². The second kappa shape index (κ2) is 2.50. The molecule has 0 aromatic heterocycles. The van der Waals surface area contributed by atoms with E-state index in [0.29, 0.717) is 0 Å². The summed E-state index contributed by atoms with van der Waals surface area (Å²) in [4.78, 5) is 0. The summed E-state index contributed by atoms with van der Waals surface area (Å²) in [6.07, 6.45) is 1.54. The van der Waals surface area contributed by atoms with Crippen LogP contribution in [0.1, 0.15) is 23.7 Å². The van der Waals surface area contributed by atoms with E-state index in [9.17, 15) is 5.11 Å². The second-order valence-corrected chi connectivity index (χ2v) is 3.33. The molecular weight excluding hydrogens is 160 g/mol. The van der Waals surface area contributed by atoms with Crippen LogP contribution in [0.3, 0.4) is 0 Å². The van der Waals surface area contributed by atoms with Crippen molar-refractivity contribution in [2.75, 3.05) is 0 Å². The fourth-order valence-corrected chi connectivity index (χ4v) is 1.76. The first-order valence-corrected chi connectivity index (χ1v) is 4.11. The van der Waals surface area contributed by atoms with E-state index in [1.54, 1.807) is 0 Å². The molecule has 58 valence electrons. The Labute approximate surface area is 70.6 Å². The predicted molar refractivity (Wildman–Crippen MR) is 44.7 cm³/mol. The van der Waals surface area contributed by atoms with Crippen molar-refractivity contribution in [2.45, 2.75) is 18.9 Å². The van der Waals surface area contributed by atoms with Gasteiger partial charge in [-0.25, -0.2) is 0 Å². The highest BCUT2D eigenvalue weighted by Gasteiger charge is 2.19. The van der Waals surface area contributed by atoms with E-state index in [4.69, 9.17) is 11.6 Å². The van der Waals surface area contributed by atoms with Crippen molar-refractivity contribution < 1.29 is 5.11 Å². The summed E-state index contributed by atoms with van der Waals surface area (Å²) in [5.74, 6) is 0. The first-order chi connectivity index (χ1) is 5.27. The van der Waals surface area contributed by atoms with Crippen LogP contribution in [0.4, 0.5) is 0 Å². The van der Waals surface area contributed by atoms with Crippen LogP contribution >= 0.6 is 11.6 Å². The minimum atomic E-state index is -0.262. The Bertz CT molecular complexity index is 283. The largest absolute Gasteiger partial charge is 0.388 e. The smallest absolute Gasteiger partial charge is 0.0795 e. The van der Waals surface area contributed by atoms with E-state index < -0.39 is 0 Å². The molecule has 1 nitrogen and oxygen atoms in total. The van der Waals surface area contributed by atoms with Gasteiger partial charge < -0.3 is 5.11 Å². The molecule has 0 aliphatic heterocycles. The predicted octanol–water partition coefficient (Wildman–Crippen LogP) is 2.32. The molecule has 0 saturated heterocycles. The number of aliphatic hydroxyl groups is 1. The molecule has 0 saturated carbocycles. The molecule has 1 aliphatic rings. The quantitative estimate of drug-likeness (QED) is 0.631. The zero-order valence-corrected chi connectivity index (χ0v) is 6.80. The highest BCUT2D eigenvalue weighted by atomic mass is 35.5. The monoisotopic (exact) mass is 168 g/mol. The van der Waals surface area contributed by atoms with Gasteiger partial charge in [-0.2, -0.15) is 0 Å². The average molecular weight is 169 g/mol. The summed E-state index contributed by atoms with van der Waals surface area (Å²) in [5.41, 5.74) is 2.25. The average Bonchev–Trinajstić information content (AvgIpc) is 2.32. The number of aliphatic hydroxyl groups excluding tert-OH is 1. The van der Waals surface area contributed by atoms with Gasteiger partial charge in [0.25, 0.3) is 0 Å². The maximum absolute atomic E-state index is 9.43. The van der Waals surface area contributed by atoms with Gasteiger partial charge >= 0.3 is 0 Å². The zero-order chi connectivity index (χ0) is 7.84. The maximum Gasteiger partial charge on any atom is 0.0795 e. The number of fused-ring (bicyclic) bond motifs is 1. The topological polar surface area (TPSA) is 20.2 Å². The van der Waals surface area contributed by atoms with Gasteiger partial charge in [0.1, 0.15) is 0 Å². The van der Waals surface area contributed by atoms with Crippen molar-refractivity contribution in [2.24, 2.45) is 0 Å². The number of rotatable bonds is 0. The molecule has 1 aliphatic carbocycles. The third-order valence-electron chi connectivity index (χ3n) is 2.15. The van der Waals surface area contributed by atoms with Crippen molar-refractivity contribution in [3.8, 4) is 0 Å². The third kappa shape index (κ3) is 1.15. The molecular formula is C9H9ClO. The van der Waals surface area contributed by atoms with Crippen LogP contribution in [0.15, 0.2) is 18.2 Å². The van der Waals surface area contributed by atoms with Crippen molar-refractivity contribution in [3.05, 3.63) is 34.3 Å². The van der Waals surface area contributed by atoms with Gasteiger partial charge in [0, 0.05) is 5.02 Å². The Hall–Kier alpha value is -0.530. The van der Waals surface area contributed by atoms with Crippen LogP contribution in [-0.2, 0) is 6.42 Å². The summed E-state index contributed by atoms with van der Waals surface area (Å²) < 4.78 is 0. The van der Waals surface area contributed by atoms with Crippen molar-refractivity contribution in [1.29, 1.82) is 0 Å². The molecule has 1 atom stereocenters. The summed E-state index contributed by atoms with van der Waals surface area (Å²) in [6.45, 7) is 0. The number of halogens is 1. The summed E-state index contributed by atoms with van der Waals surface area (Å²) in [5, 5.41) is 10.2. The molecule has 0 fully saturated rings. The van der Waals surface area contributed by atoms with Crippen LogP contribution in [0.25, 0.3) is 0 Å². The van der Waals surface area contributed by atoms with Crippen LogP contribution in [0, 0.1) is 0 Å². The SMILES string of the molecule is OC1CCc2cc(Cl)ccc21. The molecule has 1 aromatic rings. The molecule has 1 unspecified atom stereocenters. The van der Waals surface area contributed by atoms with Gasteiger partial charge in [-0.1, -0.05) is 17.7 Å². The van der Waals surface area contributed by atoms with E-state index in [-0.39, 0.29) is 6.10 Å². The Morgan fingerprint density at radius 3 is 3.09 bits per heavy atom. The lowest BCUT2D eigenvalue weighted by molar-refractivity contribution is 0.180. The molecule has 1 aromatic carbocycles. The zero-order valence-electron chi connectivity index (χ0n) is 6.05. The first-order valence-electron chi connectivity index (χ1n) is 3.74. The Balaban J connectivity index is 2.50. The molecule has 2 rings (SSSR count). The summed E-state index contributed by atoms with van der Waals surface area (Å²) in [6, 6.07) is 5.68. The lowest BCUT2D eigenvalue weighted by Crippen LogP contribution is -1.88. The van der Waals surface area contributed by atoms with Gasteiger partial charge in [-0.05, 0) is 36.1 Å². The number of benzene rings is 1. The standard InChI is InChI=1S/C9H9ClO/c10-7-2-3-8-6(5-7)1-4-9(8)11/h2-3,5,9,11H,1,4H2. The lowest BCUT2D eigenvalue weighted by atomic mass is 10.1.